The maximum Gasteiger partial charge on any atom is 0.407 e. The molecule has 3 nitrogen and oxygen atoms in total. The zero-order valence-electron chi connectivity index (χ0n) is 10.6. The van der Waals surface area contributed by atoms with Crippen molar-refractivity contribution < 1.29 is 9.90 Å². The summed E-state index contributed by atoms with van der Waals surface area (Å²) in [4.78, 5) is 12.1. The maximum absolute atomic E-state index is 10.8. The van der Waals surface area contributed by atoms with Crippen LogP contribution in [0.1, 0.15) is 27.8 Å². The average Bonchev–Trinajstić information content (AvgIpc) is 2.21. The molecular formula is C13H19NO2. The second-order valence-electron chi connectivity index (χ2n) is 4.38. The van der Waals surface area contributed by atoms with E-state index in [0.29, 0.717) is 6.54 Å². The van der Waals surface area contributed by atoms with Crippen LogP contribution in [0.3, 0.4) is 0 Å². The molecule has 1 rings (SSSR count). The van der Waals surface area contributed by atoms with E-state index in [1.165, 1.54) is 27.2 Å². The van der Waals surface area contributed by atoms with Gasteiger partial charge in [0.1, 0.15) is 0 Å². The summed E-state index contributed by atoms with van der Waals surface area (Å²) in [6, 6.07) is 2.15. The first-order valence-corrected chi connectivity index (χ1v) is 5.35. The van der Waals surface area contributed by atoms with Crippen LogP contribution in [0.25, 0.3) is 0 Å². The van der Waals surface area contributed by atoms with Crippen LogP contribution >= 0.6 is 0 Å². The summed E-state index contributed by atoms with van der Waals surface area (Å²) in [5.41, 5.74) is 5.95. The maximum atomic E-state index is 10.8. The Kier molecular flexibility index (Phi) is 3.58. The summed E-state index contributed by atoms with van der Waals surface area (Å²) in [5, 5.41) is 8.89. The fourth-order valence-corrected chi connectivity index (χ4v) is 1.84. The van der Waals surface area contributed by atoms with Crippen molar-refractivity contribution in [2.24, 2.45) is 0 Å². The second-order valence-corrected chi connectivity index (χ2v) is 4.38. The molecule has 0 atom stereocenters. The molecule has 0 radical (unpaired) electrons. The zero-order valence-corrected chi connectivity index (χ0v) is 10.6. The Morgan fingerprint density at radius 3 is 2.00 bits per heavy atom. The smallest absolute Gasteiger partial charge is 0.407 e. The van der Waals surface area contributed by atoms with E-state index in [1.54, 1.807) is 7.05 Å². The highest BCUT2D eigenvalue weighted by Gasteiger charge is 2.13. The Bertz CT molecular complexity index is 398. The van der Waals surface area contributed by atoms with Gasteiger partial charge in [-0.15, -0.1) is 0 Å². The molecule has 88 valence electrons. The van der Waals surface area contributed by atoms with E-state index in [2.05, 4.69) is 19.9 Å². The zero-order chi connectivity index (χ0) is 12.5. The fraction of sp³-hybridized carbons (Fsp3) is 0.462. The molecule has 1 amide bonds. The Hall–Kier alpha value is -1.51. The highest BCUT2D eigenvalue weighted by Crippen LogP contribution is 2.22. The van der Waals surface area contributed by atoms with Crippen molar-refractivity contribution in [2.75, 3.05) is 7.05 Å². The van der Waals surface area contributed by atoms with Gasteiger partial charge in [0.25, 0.3) is 0 Å². The minimum absolute atomic E-state index is 0.454. The van der Waals surface area contributed by atoms with E-state index < -0.39 is 6.09 Å². The second kappa shape index (κ2) is 4.56. The van der Waals surface area contributed by atoms with Crippen LogP contribution in [0.15, 0.2) is 6.07 Å². The molecule has 0 spiro atoms. The highest BCUT2D eigenvalue weighted by atomic mass is 16.4. The molecule has 0 fully saturated rings. The Labute approximate surface area is 96.7 Å². The molecule has 0 aliphatic heterocycles. The molecule has 0 heterocycles. The van der Waals surface area contributed by atoms with Gasteiger partial charge >= 0.3 is 6.09 Å². The van der Waals surface area contributed by atoms with Crippen LogP contribution in [0.4, 0.5) is 4.79 Å². The molecule has 0 saturated carbocycles. The van der Waals surface area contributed by atoms with Crippen molar-refractivity contribution in [2.45, 2.75) is 34.2 Å². The van der Waals surface area contributed by atoms with E-state index in [9.17, 15) is 4.79 Å². The molecule has 16 heavy (non-hydrogen) atoms. The van der Waals surface area contributed by atoms with Crippen molar-refractivity contribution in [3.05, 3.63) is 33.9 Å². The minimum atomic E-state index is -0.891. The van der Waals surface area contributed by atoms with Crippen molar-refractivity contribution >= 4 is 6.09 Å². The topological polar surface area (TPSA) is 40.5 Å². The van der Waals surface area contributed by atoms with Crippen molar-refractivity contribution in [1.29, 1.82) is 0 Å². The minimum Gasteiger partial charge on any atom is -0.465 e. The Morgan fingerprint density at radius 1 is 1.19 bits per heavy atom. The number of aryl methyl sites for hydroxylation is 2. The summed E-state index contributed by atoms with van der Waals surface area (Å²) in [7, 11) is 1.60. The molecule has 1 N–H and O–H groups in total. The van der Waals surface area contributed by atoms with Crippen LogP contribution in [0, 0.1) is 27.7 Å². The lowest BCUT2D eigenvalue weighted by Gasteiger charge is -2.19. The molecule has 1 aromatic carbocycles. The molecule has 0 unspecified atom stereocenters. The largest absolute Gasteiger partial charge is 0.465 e. The number of benzene rings is 1. The first kappa shape index (κ1) is 12.6. The third-order valence-electron chi connectivity index (χ3n) is 3.24. The lowest BCUT2D eigenvalue weighted by atomic mass is 9.94. The predicted molar refractivity (Wildman–Crippen MR) is 64.9 cm³/mol. The van der Waals surface area contributed by atoms with Gasteiger partial charge in [-0.1, -0.05) is 6.07 Å². The molecule has 0 bridgehead atoms. The van der Waals surface area contributed by atoms with Crippen molar-refractivity contribution in [1.82, 2.24) is 4.90 Å². The third kappa shape index (κ3) is 2.35. The van der Waals surface area contributed by atoms with Crippen LogP contribution in [0.5, 0.6) is 0 Å². The Morgan fingerprint density at radius 2 is 1.62 bits per heavy atom. The normalized spacial score (nSPS) is 10.3. The van der Waals surface area contributed by atoms with Gasteiger partial charge in [0.2, 0.25) is 0 Å². The predicted octanol–water partition coefficient (Wildman–Crippen LogP) is 3.03. The SMILES string of the molecule is Cc1cc(C)c(C)c(CN(C)C(=O)O)c1C. The summed E-state index contributed by atoms with van der Waals surface area (Å²) in [6.07, 6.45) is -0.891. The first-order chi connectivity index (χ1) is 7.34. The molecule has 1 aromatic rings. The fourth-order valence-electron chi connectivity index (χ4n) is 1.84. The number of hydrogen-bond acceptors (Lipinski definition) is 1. The summed E-state index contributed by atoms with van der Waals surface area (Å²) < 4.78 is 0. The van der Waals surface area contributed by atoms with E-state index in [-0.39, 0.29) is 0 Å². The van der Waals surface area contributed by atoms with Gasteiger partial charge in [0, 0.05) is 13.6 Å². The van der Waals surface area contributed by atoms with Gasteiger partial charge in [-0.25, -0.2) is 4.79 Å². The lowest BCUT2D eigenvalue weighted by Crippen LogP contribution is -2.25. The summed E-state index contributed by atoms with van der Waals surface area (Å²) in [6.45, 7) is 8.67. The third-order valence-corrected chi connectivity index (χ3v) is 3.24. The number of amides is 1. The lowest BCUT2D eigenvalue weighted by molar-refractivity contribution is 0.153. The van der Waals surface area contributed by atoms with Gasteiger partial charge in [-0.3, -0.25) is 0 Å². The van der Waals surface area contributed by atoms with Gasteiger partial charge in [0.15, 0.2) is 0 Å². The number of hydrogen-bond donors (Lipinski definition) is 1. The van der Waals surface area contributed by atoms with Crippen LogP contribution < -0.4 is 0 Å². The molecule has 3 heteroatoms. The van der Waals surface area contributed by atoms with Crippen molar-refractivity contribution in [3.63, 3.8) is 0 Å². The van der Waals surface area contributed by atoms with Crippen LogP contribution in [-0.4, -0.2) is 23.1 Å². The van der Waals surface area contributed by atoms with Gasteiger partial charge in [-0.05, 0) is 55.5 Å². The number of carboxylic acid groups (broad SMARTS) is 1. The Balaban J connectivity index is 3.17. The van der Waals surface area contributed by atoms with E-state index >= 15 is 0 Å². The molecule has 0 aromatic heterocycles. The number of rotatable bonds is 2. The van der Waals surface area contributed by atoms with Gasteiger partial charge in [0.05, 0.1) is 0 Å². The van der Waals surface area contributed by atoms with Gasteiger partial charge < -0.3 is 10.0 Å². The van der Waals surface area contributed by atoms with Crippen LogP contribution in [0.2, 0.25) is 0 Å². The van der Waals surface area contributed by atoms with Gasteiger partial charge in [-0.2, -0.15) is 0 Å². The quantitative estimate of drug-likeness (QED) is 0.833. The van der Waals surface area contributed by atoms with Crippen LogP contribution in [-0.2, 0) is 6.54 Å². The number of nitrogens with zero attached hydrogens (tertiary/aromatic N) is 1. The monoisotopic (exact) mass is 221 g/mol. The molecule has 0 saturated heterocycles. The molecular weight excluding hydrogens is 202 g/mol. The van der Waals surface area contributed by atoms with E-state index in [4.69, 9.17) is 5.11 Å². The highest BCUT2D eigenvalue weighted by molar-refractivity contribution is 5.64. The van der Waals surface area contributed by atoms with E-state index in [1.807, 2.05) is 13.8 Å². The summed E-state index contributed by atoms with van der Waals surface area (Å²) >= 11 is 0. The number of carbonyl (C=O) groups is 1. The van der Waals surface area contributed by atoms with Crippen molar-refractivity contribution in [3.8, 4) is 0 Å². The average molecular weight is 221 g/mol. The first-order valence-electron chi connectivity index (χ1n) is 5.35. The summed E-state index contributed by atoms with van der Waals surface area (Å²) in [5.74, 6) is 0. The van der Waals surface area contributed by atoms with E-state index in [0.717, 1.165) is 5.56 Å². The molecule has 0 aliphatic carbocycles. The molecule has 0 aliphatic rings. The standard InChI is InChI=1S/C13H19NO2/c1-8-6-9(2)11(4)12(10(8)3)7-14(5)13(15)16/h6H,7H2,1-5H3,(H,15,16).